The van der Waals surface area contributed by atoms with Crippen LogP contribution in [0.15, 0.2) is 48.8 Å². The van der Waals surface area contributed by atoms with Gasteiger partial charge in [-0.25, -0.2) is 0 Å². The summed E-state index contributed by atoms with van der Waals surface area (Å²) in [6.45, 7) is 4.18. The molecule has 2 aromatic heterocycles. The molecule has 0 saturated heterocycles. The number of aliphatic hydroxyl groups is 1. The number of aliphatic hydroxyl groups excluding tert-OH is 1. The average molecular weight is 319 g/mol. The minimum atomic E-state index is -0.535. The highest BCUT2D eigenvalue weighted by Gasteiger charge is 2.25. The van der Waals surface area contributed by atoms with Crippen molar-refractivity contribution < 1.29 is 5.11 Å². The fourth-order valence-corrected chi connectivity index (χ4v) is 3.73. The van der Waals surface area contributed by atoms with E-state index in [1.165, 1.54) is 5.56 Å². The first-order chi connectivity index (χ1) is 11.7. The maximum Gasteiger partial charge on any atom is 0.0865 e. The van der Waals surface area contributed by atoms with Crippen LogP contribution in [0, 0.1) is 19.8 Å². The SMILES string of the molecule is Cc1cc(C)c2[nH]cc(-c3ccn[nH]3)c2c1C(O)C1C=CC=CC1. The van der Waals surface area contributed by atoms with Gasteiger partial charge in [0.05, 0.1) is 11.8 Å². The van der Waals surface area contributed by atoms with Gasteiger partial charge in [-0.3, -0.25) is 5.10 Å². The number of hydrogen-bond acceptors (Lipinski definition) is 2. The minimum Gasteiger partial charge on any atom is -0.388 e. The van der Waals surface area contributed by atoms with E-state index in [2.05, 4.69) is 47.2 Å². The third-order valence-electron chi connectivity index (χ3n) is 4.91. The Bertz CT molecular complexity index is 932. The van der Waals surface area contributed by atoms with E-state index in [-0.39, 0.29) is 5.92 Å². The standard InChI is InChI=1S/C20H21N3O/c1-12-10-13(2)19-18(15(11-21-19)16-8-9-22-23-16)17(12)20(24)14-6-4-3-5-7-14/h3-6,8-11,14,20-21,24H,7H2,1-2H3,(H,22,23). The predicted molar refractivity (Wildman–Crippen MR) is 96.7 cm³/mol. The lowest BCUT2D eigenvalue weighted by molar-refractivity contribution is 0.133. The highest BCUT2D eigenvalue weighted by molar-refractivity contribution is 5.99. The molecule has 1 aliphatic carbocycles. The van der Waals surface area contributed by atoms with Crippen molar-refractivity contribution in [1.82, 2.24) is 15.2 Å². The van der Waals surface area contributed by atoms with Crippen LogP contribution in [0.3, 0.4) is 0 Å². The molecule has 0 saturated carbocycles. The van der Waals surface area contributed by atoms with Gasteiger partial charge < -0.3 is 10.1 Å². The van der Waals surface area contributed by atoms with Gasteiger partial charge in [-0.05, 0) is 43.0 Å². The molecule has 0 bridgehead atoms. The molecule has 24 heavy (non-hydrogen) atoms. The number of hydrogen-bond donors (Lipinski definition) is 3. The summed E-state index contributed by atoms with van der Waals surface area (Å²) < 4.78 is 0. The van der Waals surface area contributed by atoms with E-state index < -0.39 is 6.10 Å². The first-order valence-corrected chi connectivity index (χ1v) is 8.29. The Morgan fingerprint density at radius 3 is 2.83 bits per heavy atom. The summed E-state index contributed by atoms with van der Waals surface area (Å²) in [4.78, 5) is 3.38. The van der Waals surface area contributed by atoms with Crippen LogP contribution in [0.5, 0.6) is 0 Å². The molecule has 2 atom stereocenters. The highest BCUT2D eigenvalue weighted by atomic mass is 16.3. The van der Waals surface area contributed by atoms with Gasteiger partial charge in [0.1, 0.15) is 0 Å². The van der Waals surface area contributed by atoms with Crippen LogP contribution in [-0.2, 0) is 0 Å². The van der Waals surface area contributed by atoms with Crippen LogP contribution >= 0.6 is 0 Å². The van der Waals surface area contributed by atoms with Crippen molar-refractivity contribution in [3.8, 4) is 11.3 Å². The molecule has 0 radical (unpaired) electrons. The largest absolute Gasteiger partial charge is 0.388 e. The molecule has 1 aromatic carbocycles. The Morgan fingerprint density at radius 2 is 2.12 bits per heavy atom. The van der Waals surface area contributed by atoms with Crippen molar-refractivity contribution in [1.29, 1.82) is 0 Å². The van der Waals surface area contributed by atoms with Gasteiger partial charge in [0.2, 0.25) is 0 Å². The number of aromatic nitrogens is 3. The summed E-state index contributed by atoms with van der Waals surface area (Å²) in [7, 11) is 0. The maximum atomic E-state index is 11.1. The van der Waals surface area contributed by atoms with Crippen molar-refractivity contribution >= 4 is 10.9 Å². The number of nitrogens with one attached hydrogen (secondary N) is 2. The summed E-state index contributed by atoms with van der Waals surface area (Å²) in [6.07, 6.45) is 12.3. The van der Waals surface area contributed by atoms with E-state index in [0.29, 0.717) is 0 Å². The summed E-state index contributed by atoms with van der Waals surface area (Å²) >= 11 is 0. The first kappa shape index (κ1) is 15.0. The second-order valence-electron chi connectivity index (χ2n) is 6.50. The molecular formula is C20H21N3O. The molecule has 0 aliphatic heterocycles. The van der Waals surface area contributed by atoms with Gasteiger partial charge in [0, 0.05) is 34.8 Å². The molecule has 4 rings (SSSR count). The number of allylic oxidation sites excluding steroid dienone is 3. The van der Waals surface area contributed by atoms with Gasteiger partial charge in [-0.15, -0.1) is 0 Å². The van der Waals surface area contributed by atoms with Crippen LogP contribution in [0.1, 0.15) is 29.2 Å². The molecule has 0 fully saturated rings. The second kappa shape index (κ2) is 5.80. The third-order valence-corrected chi connectivity index (χ3v) is 4.91. The first-order valence-electron chi connectivity index (χ1n) is 8.29. The lowest BCUT2D eigenvalue weighted by Gasteiger charge is -2.24. The molecular weight excluding hydrogens is 298 g/mol. The summed E-state index contributed by atoms with van der Waals surface area (Å²) in [5.41, 5.74) is 6.40. The molecule has 2 unspecified atom stereocenters. The van der Waals surface area contributed by atoms with E-state index in [9.17, 15) is 5.11 Å². The van der Waals surface area contributed by atoms with Crippen LogP contribution in [0.2, 0.25) is 0 Å². The van der Waals surface area contributed by atoms with E-state index in [0.717, 1.165) is 39.7 Å². The average Bonchev–Trinajstić information content (AvgIpc) is 3.24. The molecule has 3 N–H and O–H groups in total. The fraction of sp³-hybridized carbons (Fsp3) is 0.250. The van der Waals surface area contributed by atoms with Crippen molar-refractivity contribution in [3.63, 3.8) is 0 Å². The Morgan fingerprint density at radius 1 is 1.25 bits per heavy atom. The Hall–Kier alpha value is -2.59. The summed E-state index contributed by atoms with van der Waals surface area (Å²) in [6, 6.07) is 4.11. The number of fused-ring (bicyclic) bond motifs is 1. The summed E-state index contributed by atoms with van der Waals surface area (Å²) in [5.74, 6) is 0.101. The van der Waals surface area contributed by atoms with E-state index in [1.807, 2.05) is 24.4 Å². The second-order valence-corrected chi connectivity index (χ2v) is 6.50. The van der Waals surface area contributed by atoms with Crippen molar-refractivity contribution in [2.24, 2.45) is 5.92 Å². The highest BCUT2D eigenvalue weighted by Crippen LogP contribution is 2.40. The monoisotopic (exact) mass is 319 g/mol. The zero-order valence-corrected chi connectivity index (χ0v) is 13.9. The quantitative estimate of drug-likeness (QED) is 0.672. The molecule has 1 aliphatic rings. The minimum absolute atomic E-state index is 0.101. The Kier molecular flexibility index (Phi) is 3.62. The van der Waals surface area contributed by atoms with Crippen LogP contribution in [0.25, 0.3) is 22.2 Å². The zero-order chi connectivity index (χ0) is 16.7. The van der Waals surface area contributed by atoms with Crippen LogP contribution < -0.4 is 0 Å². The van der Waals surface area contributed by atoms with Gasteiger partial charge in [-0.2, -0.15) is 5.10 Å². The van der Waals surface area contributed by atoms with Gasteiger partial charge in [0.15, 0.2) is 0 Å². The van der Waals surface area contributed by atoms with Crippen LogP contribution in [0.4, 0.5) is 0 Å². The number of aromatic amines is 2. The lowest BCUT2D eigenvalue weighted by atomic mass is 9.85. The number of H-pyrrole nitrogens is 2. The predicted octanol–water partition coefficient (Wildman–Crippen LogP) is 4.34. The molecule has 0 spiro atoms. The molecule has 4 heteroatoms. The number of nitrogens with zero attached hydrogens (tertiary/aromatic N) is 1. The normalized spacial score (nSPS) is 18.4. The Labute approximate surface area is 140 Å². The van der Waals surface area contributed by atoms with E-state index in [4.69, 9.17) is 0 Å². The number of rotatable bonds is 3. The maximum absolute atomic E-state index is 11.1. The topological polar surface area (TPSA) is 64.7 Å². The smallest absolute Gasteiger partial charge is 0.0865 e. The Balaban J connectivity index is 1.95. The van der Waals surface area contributed by atoms with Crippen molar-refractivity contribution in [2.75, 3.05) is 0 Å². The van der Waals surface area contributed by atoms with Crippen molar-refractivity contribution in [2.45, 2.75) is 26.4 Å². The van der Waals surface area contributed by atoms with Crippen molar-refractivity contribution in [3.05, 3.63) is 65.5 Å². The molecule has 122 valence electrons. The number of aryl methyl sites for hydroxylation is 2. The van der Waals surface area contributed by atoms with Gasteiger partial charge >= 0.3 is 0 Å². The van der Waals surface area contributed by atoms with E-state index >= 15 is 0 Å². The lowest BCUT2D eigenvalue weighted by Crippen LogP contribution is -2.13. The molecule has 0 amide bonds. The number of benzene rings is 1. The van der Waals surface area contributed by atoms with Gasteiger partial charge in [0.25, 0.3) is 0 Å². The molecule has 3 aromatic rings. The molecule has 2 heterocycles. The third kappa shape index (κ3) is 2.31. The summed E-state index contributed by atoms with van der Waals surface area (Å²) in [5, 5.41) is 19.3. The fourth-order valence-electron chi connectivity index (χ4n) is 3.73. The molecule has 4 nitrogen and oxygen atoms in total. The van der Waals surface area contributed by atoms with E-state index in [1.54, 1.807) is 6.20 Å². The zero-order valence-electron chi connectivity index (χ0n) is 13.9. The van der Waals surface area contributed by atoms with Gasteiger partial charge in [-0.1, -0.05) is 30.4 Å². The van der Waals surface area contributed by atoms with Crippen LogP contribution in [-0.4, -0.2) is 20.3 Å².